The van der Waals surface area contributed by atoms with Gasteiger partial charge in [0.25, 0.3) is 0 Å². The zero-order valence-corrected chi connectivity index (χ0v) is 17.1. The molecule has 1 saturated heterocycles. The van der Waals surface area contributed by atoms with Crippen molar-refractivity contribution >= 4 is 17.3 Å². The van der Waals surface area contributed by atoms with Gasteiger partial charge in [-0.1, -0.05) is 28.9 Å². The molecule has 0 saturated carbocycles. The van der Waals surface area contributed by atoms with Gasteiger partial charge in [-0.05, 0) is 61.7 Å². The lowest BCUT2D eigenvalue weighted by Crippen LogP contribution is -2.35. The normalized spacial score (nSPS) is 16.7. The average Bonchev–Trinajstić information content (AvgIpc) is 3.21. The van der Waals surface area contributed by atoms with Crippen LogP contribution in [0.25, 0.3) is 11.4 Å². The maximum Gasteiger partial charge on any atom is 0.249 e. The second-order valence-electron chi connectivity index (χ2n) is 7.54. The van der Waals surface area contributed by atoms with Crippen LogP contribution in [0.2, 0.25) is 5.02 Å². The Labute approximate surface area is 175 Å². The average molecular weight is 413 g/mol. The molecule has 0 aliphatic carbocycles. The Morgan fingerprint density at radius 2 is 1.97 bits per heavy atom. The van der Waals surface area contributed by atoms with Crippen LogP contribution < -0.4 is 5.32 Å². The monoisotopic (exact) mass is 412 g/mol. The summed E-state index contributed by atoms with van der Waals surface area (Å²) >= 11 is 5.94. The molecule has 7 heteroatoms. The Kier molecular flexibility index (Phi) is 6.13. The molecule has 0 radical (unpaired) electrons. The number of benzene rings is 2. The van der Waals surface area contributed by atoms with Gasteiger partial charge in [-0.3, -0.25) is 4.90 Å². The van der Waals surface area contributed by atoms with E-state index in [4.69, 9.17) is 16.1 Å². The van der Waals surface area contributed by atoms with Gasteiger partial charge in [-0.2, -0.15) is 4.98 Å². The van der Waals surface area contributed by atoms with Crippen molar-refractivity contribution in [3.8, 4) is 11.4 Å². The summed E-state index contributed by atoms with van der Waals surface area (Å²) in [6.45, 7) is 4.76. The summed E-state index contributed by atoms with van der Waals surface area (Å²) in [6.07, 6.45) is 1.55. The summed E-state index contributed by atoms with van der Waals surface area (Å²) in [7, 11) is 0. The Morgan fingerprint density at radius 3 is 2.72 bits per heavy atom. The standard InChI is InChI=1S/C22H25ClN4O2/c1-15(22-25-21(26-29-22)17-5-7-18(23)8-6-17)24-19-4-2-3-16(13-19)14-27-11-9-20(28)10-12-27/h2-8,13,15,20,24,28H,9-12,14H2,1H3. The fourth-order valence-corrected chi connectivity index (χ4v) is 3.66. The Balaban J connectivity index is 1.39. The molecule has 2 N–H and O–H groups in total. The number of aliphatic hydroxyl groups is 1. The van der Waals surface area contributed by atoms with E-state index < -0.39 is 0 Å². The number of aliphatic hydroxyl groups excluding tert-OH is 1. The molecular weight excluding hydrogens is 388 g/mol. The van der Waals surface area contributed by atoms with Gasteiger partial charge in [-0.25, -0.2) is 0 Å². The van der Waals surface area contributed by atoms with E-state index in [9.17, 15) is 5.11 Å². The number of nitrogens with one attached hydrogen (secondary N) is 1. The Bertz CT molecular complexity index is 936. The van der Waals surface area contributed by atoms with Crippen molar-refractivity contribution in [3.05, 3.63) is 65.0 Å². The largest absolute Gasteiger partial charge is 0.393 e. The molecule has 2 aromatic carbocycles. The lowest BCUT2D eigenvalue weighted by Gasteiger charge is -2.29. The van der Waals surface area contributed by atoms with Crippen molar-refractivity contribution < 1.29 is 9.63 Å². The molecule has 1 unspecified atom stereocenters. The zero-order chi connectivity index (χ0) is 20.2. The van der Waals surface area contributed by atoms with Gasteiger partial charge < -0.3 is 14.9 Å². The van der Waals surface area contributed by atoms with Crippen LogP contribution in [0.3, 0.4) is 0 Å². The van der Waals surface area contributed by atoms with Gasteiger partial charge in [0.2, 0.25) is 11.7 Å². The molecule has 1 atom stereocenters. The highest BCUT2D eigenvalue weighted by Crippen LogP contribution is 2.24. The highest BCUT2D eigenvalue weighted by molar-refractivity contribution is 6.30. The second kappa shape index (κ2) is 8.95. The lowest BCUT2D eigenvalue weighted by molar-refractivity contribution is 0.0792. The molecular formula is C22H25ClN4O2. The maximum atomic E-state index is 9.67. The van der Waals surface area contributed by atoms with Crippen LogP contribution in [0.1, 0.15) is 37.3 Å². The second-order valence-corrected chi connectivity index (χ2v) is 7.97. The number of nitrogens with zero attached hydrogens (tertiary/aromatic N) is 3. The molecule has 2 heterocycles. The minimum absolute atomic E-state index is 0.121. The summed E-state index contributed by atoms with van der Waals surface area (Å²) < 4.78 is 5.46. The predicted octanol–water partition coefficient (Wildman–Crippen LogP) is 4.52. The number of rotatable bonds is 6. The Hall–Kier alpha value is -2.41. The minimum Gasteiger partial charge on any atom is -0.393 e. The molecule has 1 aliphatic heterocycles. The van der Waals surface area contributed by atoms with Crippen molar-refractivity contribution in [2.45, 2.75) is 38.5 Å². The highest BCUT2D eigenvalue weighted by Gasteiger charge is 2.18. The molecule has 152 valence electrons. The number of piperidine rings is 1. The third kappa shape index (κ3) is 5.15. The molecule has 3 aromatic rings. The van der Waals surface area contributed by atoms with E-state index in [-0.39, 0.29) is 12.1 Å². The summed E-state index contributed by atoms with van der Waals surface area (Å²) in [4.78, 5) is 6.89. The third-order valence-corrected chi connectivity index (χ3v) is 5.44. The number of likely N-dealkylation sites (tertiary alicyclic amines) is 1. The van der Waals surface area contributed by atoms with E-state index in [1.165, 1.54) is 5.56 Å². The van der Waals surface area contributed by atoms with Crippen LogP contribution >= 0.6 is 11.6 Å². The van der Waals surface area contributed by atoms with Crippen LogP contribution in [0.5, 0.6) is 0 Å². The van der Waals surface area contributed by atoms with Gasteiger partial charge in [0.1, 0.15) is 6.04 Å². The fourth-order valence-electron chi connectivity index (χ4n) is 3.53. The van der Waals surface area contributed by atoms with Gasteiger partial charge in [0.05, 0.1) is 6.10 Å². The first-order valence-electron chi connectivity index (χ1n) is 9.92. The summed E-state index contributed by atoms with van der Waals surface area (Å²) in [5.41, 5.74) is 3.12. The topological polar surface area (TPSA) is 74.4 Å². The Morgan fingerprint density at radius 1 is 1.21 bits per heavy atom. The van der Waals surface area contributed by atoms with Crippen LogP contribution in [-0.2, 0) is 6.54 Å². The van der Waals surface area contributed by atoms with E-state index in [0.29, 0.717) is 16.7 Å². The molecule has 1 aromatic heterocycles. The van der Waals surface area contributed by atoms with E-state index in [1.807, 2.05) is 37.3 Å². The molecule has 6 nitrogen and oxygen atoms in total. The highest BCUT2D eigenvalue weighted by atomic mass is 35.5. The fraction of sp³-hybridized carbons (Fsp3) is 0.364. The summed E-state index contributed by atoms with van der Waals surface area (Å²) in [6, 6.07) is 15.6. The number of hydrogen-bond acceptors (Lipinski definition) is 6. The third-order valence-electron chi connectivity index (χ3n) is 5.19. The molecule has 0 amide bonds. The van der Waals surface area contributed by atoms with Crippen LogP contribution in [-0.4, -0.2) is 39.3 Å². The number of hydrogen-bond donors (Lipinski definition) is 2. The van der Waals surface area contributed by atoms with Crippen molar-refractivity contribution in [3.63, 3.8) is 0 Å². The summed E-state index contributed by atoms with van der Waals surface area (Å²) in [5, 5.41) is 17.9. The van der Waals surface area contributed by atoms with Crippen molar-refractivity contribution in [2.75, 3.05) is 18.4 Å². The summed E-state index contributed by atoms with van der Waals surface area (Å²) in [5.74, 6) is 1.08. The van der Waals surface area contributed by atoms with E-state index in [0.717, 1.165) is 43.7 Å². The van der Waals surface area contributed by atoms with Gasteiger partial charge >= 0.3 is 0 Å². The van der Waals surface area contributed by atoms with Gasteiger partial charge in [0, 0.05) is 35.9 Å². The molecule has 1 fully saturated rings. The first-order valence-corrected chi connectivity index (χ1v) is 10.3. The van der Waals surface area contributed by atoms with E-state index in [2.05, 4.69) is 38.6 Å². The molecule has 0 bridgehead atoms. The first kappa shape index (κ1) is 19.9. The number of halogens is 1. The molecule has 4 rings (SSSR count). The van der Waals surface area contributed by atoms with Crippen molar-refractivity contribution in [1.29, 1.82) is 0 Å². The van der Waals surface area contributed by atoms with Crippen molar-refractivity contribution in [1.82, 2.24) is 15.0 Å². The molecule has 1 aliphatic rings. The van der Waals surface area contributed by atoms with E-state index >= 15 is 0 Å². The smallest absolute Gasteiger partial charge is 0.249 e. The minimum atomic E-state index is -0.146. The lowest BCUT2D eigenvalue weighted by atomic mass is 10.1. The van der Waals surface area contributed by atoms with E-state index in [1.54, 1.807) is 0 Å². The van der Waals surface area contributed by atoms with Crippen molar-refractivity contribution in [2.24, 2.45) is 0 Å². The molecule has 29 heavy (non-hydrogen) atoms. The first-order chi connectivity index (χ1) is 14.1. The number of aromatic nitrogens is 2. The quantitative estimate of drug-likeness (QED) is 0.620. The maximum absolute atomic E-state index is 9.67. The van der Waals surface area contributed by atoms with Crippen LogP contribution in [0.15, 0.2) is 53.1 Å². The van der Waals surface area contributed by atoms with Gasteiger partial charge in [0.15, 0.2) is 0 Å². The zero-order valence-electron chi connectivity index (χ0n) is 16.4. The van der Waals surface area contributed by atoms with Crippen LogP contribution in [0, 0.1) is 0 Å². The SMILES string of the molecule is CC(Nc1cccc(CN2CCC(O)CC2)c1)c1nc(-c2ccc(Cl)cc2)no1. The predicted molar refractivity (Wildman–Crippen MR) is 114 cm³/mol. The molecule has 0 spiro atoms. The number of anilines is 1. The van der Waals surface area contributed by atoms with Gasteiger partial charge in [-0.15, -0.1) is 0 Å². The van der Waals surface area contributed by atoms with Crippen LogP contribution in [0.4, 0.5) is 5.69 Å².